The minimum atomic E-state index is -0.406. The predicted molar refractivity (Wildman–Crippen MR) is 138 cm³/mol. The van der Waals surface area contributed by atoms with Crippen molar-refractivity contribution in [1.82, 2.24) is 15.3 Å². The third-order valence-corrected chi connectivity index (χ3v) is 6.11. The van der Waals surface area contributed by atoms with Gasteiger partial charge in [-0.1, -0.05) is 26.3 Å². The van der Waals surface area contributed by atoms with Crippen LogP contribution in [0.15, 0.2) is 49.3 Å². The van der Waals surface area contributed by atoms with Crippen molar-refractivity contribution in [2.24, 2.45) is 5.73 Å². The summed E-state index contributed by atoms with van der Waals surface area (Å²) in [5, 5.41) is 3.17. The number of fused-ring (bicyclic) bond motifs is 1. The highest BCUT2D eigenvalue weighted by molar-refractivity contribution is 6.04. The van der Waals surface area contributed by atoms with E-state index in [-0.39, 0.29) is 11.9 Å². The van der Waals surface area contributed by atoms with Gasteiger partial charge in [-0.05, 0) is 65.0 Å². The van der Waals surface area contributed by atoms with Crippen molar-refractivity contribution < 1.29 is 9.53 Å². The second kappa shape index (κ2) is 10.3. The third kappa shape index (κ3) is 5.26. The lowest BCUT2D eigenvalue weighted by atomic mass is 10.0. The number of aromatic nitrogens is 2. The Morgan fingerprint density at radius 3 is 2.59 bits per heavy atom. The van der Waals surface area contributed by atoms with E-state index in [1.807, 2.05) is 20.8 Å². The first-order valence-corrected chi connectivity index (χ1v) is 11.9. The van der Waals surface area contributed by atoms with Crippen molar-refractivity contribution in [3.8, 4) is 0 Å². The Kier molecular flexibility index (Phi) is 7.69. The predicted octanol–water partition coefficient (Wildman–Crippen LogP) is 4.23. The van der Waals surface area contributed by atoms with Crippen molar-refractivity contribution in [3.63, 3.8) is 0 Å². The van der Waals surface area contributed by atoms with E-state index in [0.29, 0.717) is 35.4 Å². The molecule has 2 heterocycles. The Balaban J connectivity index is 2.11. The Labute approximate surface area is 203 Å². The molecule has 0 aromatic carbocycles. The van der Waals surface area contributed by atoms with Gasteiger partial charge in [0.1, 0.15) is 17.3 Å². The topological polar surface area (TPSA) is 96.6 Å². The monoisotopic (exact) mass is 466 g/mol. The highest BCUT2D eigenvalue weighted by Crippen LogP contribution is 2.40. The van der Waals surface area contributed by atoms with Gasteiger partial charge in [0.15, 0.2) is 17.5 Å². The van der Waals surface area contributed by atoms with Crippen molar-refractivity contribution in [3.05, 3.63) is 55.1 Å². The molecule has 0 saturated heterocycles. The summed E-state index contributed by atoms with van der Waals surface area (Å²) in [6.07, 6.45) is 11.7. The van der Waals surface area contributed by atoms with Crippen LogP contribution >= 0.6 is 0 Å². The first kappa shape index (κ1) is 25.3. The number of carbonyl (C=O) groups excluding carboxylic acids is 1. The van der Waals surface area contributed by atoms with Gasteiger partial charge in [-0.2, -0.15) is 0 Å². The van der Waals surface area contributed by atoms with Crippen LogP contribution in [0, 0.1) is 0 Å². The molecular weight excluding hydrogens is 428 g/mol. The van der Waals surface area contributed by atoms with Gasteiger partial charge in [-0.25, -0.2) is 9.97 Å². The molecular formula is C26H38N6O2. The lowest BCUT2D eigenvalue weighted by molar-refractivity contribution is -0.120. The van der Waals surface area contributed by atoms with Crippen LogP contribution in [0.5, 0.6) is 0 Å². The fourth-order valence-corrected chi connectivity index (χ4v) is 4.67. The Morgan fingerprint density at radius 1 is 1.35 bits per heavy atom. The molecule has 1 aromatic rings. The summed E-state index contributed by atoms with van der Waals surface area (Å²) in [6, 6.07) is 0.0522. The molecule has 184 valence electrons. The van der Waals surface area contributed by atoms with Crippen LogP contribution < -0.4 is 20.9 Å². The van der Waals surface area contributed by atoms with Gasteiger partial charge in [-0.3, -0.25) is 4.79 Å². The van der Waals surface area contributed by atoms with Crippen LogP contribution in [-0.4, -0.2) is 40.6 Å². The average Bonchev–Trinajstić information content (AvgIpc) is 3.31. The normalized spacial score (nSPS) is 19.8. The van der Waals surface area contributed by atoms with Gasteiger partial charge in [-0.15, -0.1) is 0 Å². The quantitative estimate of drug-likeness (QED) is 0.437. The zero-order chi connectivity index (χ0) is 25.0. The van der Waals surface area contributed by atoms with Crippen LogP contribution in [0.25, 0.3) is 5.57 Å². The van der Waals surface area contributed by atoms with E-state index in [1.54, 1.807) is 30.3 Å². The number of nitrogens with two attached hydrogens (primary N) is 1. The van der Waals surface area contributed by atoms with E-state index in [1.165, 1.54) is 6.20 Å². The number of hydrogen-bond acceptors (Lipinski definition) is 7. The molecule has 1 fully saturated rings. The number of nitrogens with zero attached hydrogens (tertiary/aromatic N) is 4. The van der Waals surface area contributed by atoms with E-state index < -0.39 is 5.60 Å². The average molecular weight is 467 g/mol. The number of amides is 1. The van der Waals surface area contributed by atoms with Crippen molar-refractivity contribution in [1.29, 1.82) is 0 Å². The van der Waals surface area contributed by atoms with Gasteiger partial charge >= 0.3 is 0 Å². The SMILES string of the molecule is C=C/C(NC(=C)OC(C)(C)C)=C(\C=C/N)c1ncc2c(n1)N(C1CCCC1)[C@H](CC)C(=O)N2C. The van der Waals surface area contributed by atoms with E-state index in [2.05, 4.69) is 35.3 Å². The van der Waals surface area contributed by atoms with Crippen molar-refractivity contribution in [2.45, 2.75) is 77.5 Å². The molecule has 8 nitrogen and oxygen atoms in total. The zero-order valence-electron chi connectivity index (χ0n) is 21.1. The number of nitrogens with one attached hydrogen (secondary N) is 1. The molecule has 0 radical (unpaired) electrons. The fourth-order valence-electron chi connectivity index (χ4n) is 4.67. The van der Waals surface area contributed by atoms with Gasteiger partial charge in [0.2, 0.25) is 5.91 Å². The molecule has 0 unspecified atom stereocenters. The molecule has 1 atom stereocenters. The number of ether oxygens (including phenoxy) is 1. The molecule has 2 aliphatic rings. The fraction of sp³-hybridized carbons (Fsp3) is 0.500. The minimum Gasteiger partial charge on any atom is -0.474 e. The number of hydrogen-bond donors (Lipinski definition) is 2. The maximum Gasteiger partial charge on any atom is 0.249 e. The summed E-state index contributed by atoms with van der Waals surface area (Å²) in [7, 11) is 1.79. The first-order chi connectivity index (χ1) is 16.1. The molecule has 1 aliphatic heterocycles. The van der Waals surface area contributed by atoms with Crippen LogP contribution in [0.3, 0.4) is 0 Å². The summed E-state index contributed by atoms with van der Waals surface area (Å²) >= 11 is 0. The van der Waals surface area contributed by atoms with Gasteiger partial charge in [0.25, 0.3) is 0 Å². The Hall–Kier alpha value is -3.29. The Morgan fingerprint density at radius 2 is 2.03 bits per heavy atom. The number of allylic oxidation sites excluding steroid dienone is 3. The molecule has 0 bridgehead atoms. The van der Waals surface area contributed by atoms with Crippen LogP contribution in [0.2, 0.25) is 0 Å². The number of carbonyl (C=O) groups is 1. The highest BCUT2D eigenvalue weighted by atomic mass is 16.5. The van der Waals surface area contributed by atoms with E-state index >= 15 is 0 Å². The first-order valence-electron chi connectivity index (χ1n) is 11.9. The lowest BCUT2D eigenvalue weighted by Gasteiger charge is -2.43. The third-order valence-electron chi connectivity index (χ3n) is 6.11. The molecule has 3 rings (SSSR count). The molecule has 1 amide bonds. The standard InChI is InChI=1S/C26H38N6O2/c1-8-20(29-17(3)34-26(4,5)6)19(14-15-27)23-28-16-22-24(30-23)32(18-12-10-11-13-18)21(9-2)25(33)31(22)7/h8,14-16,18,21,29H,1,3,9-13,27H2,2,4-7H3/b15-14-,20-19-/t21-/m1/s1. The molecule has 3 N–H and O–H groups in total. The maximum atomic E-state index is 13.1. The van der Waals surface area contributed by atoms with E-state index in [4.69, 9.17) is 15.5 Å². The van der Waals surface area contributed by atoms with Crippen LogP contribution in [-0.2, 0) is 9.53 Å². The molecule has 34 heavy (non-hydrogen) atoms. The van der Waals surface area contributed by atoms with E-state index in [0.717, 1.165) is 37.2 Å². The summed E-state index contributed by atoms with van der Waals surface area (Å²) in [6.45, 7) is 15.8. The second-order valence-electron chi connectivity index (χ2n) is 9.72. The second-order valence-corrected chi connectivity index (χ2v) is 9.72. The van der Waals surface area contributed by atoms with Crippen molar-refractivity contribution in [2.75, 3.05) is 16.8 Å². The molecule has 8 heteroatoms. The lowest BCUT2D eigenvalue weighted by Crippen LogP contribution is -2.55. The zero-order valence-corrected chi connectivity index (χ0v) is 21.1. The van der Waals surface area contributed by atoms with Gasteiger partial charge < -0.3 is 25.6 Å². The van der Waals surface area contributed by atoms with Gasteiger partial charge in [0, 0.05) is 18.7 Å². The summed E-state index contributed by atoms with van der Waals surface area (Å²) in [5.74, 6) is 1.72. The largest absolute Gasteiger partial charge is 0.474 e. The summed E-state index contributed by atoms with van der Waals surface area (Å²) in [4.78, 5) is 26.6. The van der Waals surface area contributed by atoms with Crippen molar-refractivity contribution >= 4 is 23.0 Å². The number of anilines is 2. The van der Waals surface area contributed by atoms with Crippen LogP contribution in [0.1, 0.15) is 65.6 Å². The molecule has 1 saturated carbocycles. The van der Waals surface area contributed by atoms with Crippen LogP contribution in [0.4, 0.5) is 11.5 Å². The van der Waals surface area contributed by atoms with Gasteiger partial charge in [0.05, 0.1) is 11.9 Å². The molecule has 1 aromatic heterocycles. The molecule has 1 aliphatic carbocycles. The number of rotatable bonds is 8. The summed E-state index contributed by atoms with van der Waals surface area (Å²) in [5.41, 5.74) is 7.37. The number of likely N-dealkylation sites (N-methyl/N-ethyl adjacent to an activating group) is 1. The molecule has 0 spiro atoms. The smallest absolute Gasteiger partial charge is 0.249 e. The minimum absolute atomic E-state index is 0.0833. The maximum absolute atomic E-state index is 13.1. The Bertz CT molecular complexity index is 1000. The summed E-state index contributed by atoms with van der Waals surface area (Å²) < 4.78 is 5.83. The van der Waals surface area contributed by atoms with E-state index in [9.17, 15) is 4.79 Å². The highest BCUT2D eigenvalue weighted by Gasteiger charge is 2.41.